The van der Waals surface area contributed by atoms with E-state index in [0.717, 1.165) is 6.42 Å². The number of carbonyl (C=O) groups excluding carboxylic acids is 1. The molecule has 14 heavy (non-hydrogen) atoms. The van der Waals surface area contributed by atoms with Gasteiger partial charge in [-0.2, -0.15) is 5.10 Å². The quantitative estimate of drug-likeness (QED) is 0.689. The van der Waals surface area contributed by atoms with E-state index in [0.29, 0.717) is 5.92 Å². The predicted molar refractivity (Wildman–Crippen MR) is 49.9 cm³/mol. The Morgan fingerprint density at radius 2 is 2.36 bits per heavy atom. The molecule has 0 aromatic carbocycles. The molecular formula is C9H11N3O2. The zero-order valence-corrected chi connectivity index (χ0v) is 7.78. The van der Waals surface area contributed by atoms with Gasteiger partial charge in [0.05, 0.1) is 0 Å². The molecule has 1 heterocycles. The molecule has 2 rings (SSSR count). The van der Waals surface area contributed by atoms with Crippen molar-refractivity contribution in [3.8, 4) is 0 Å². The molecule has 74 valence electrons. The average molecular weight is 193 g/mol. The highest BCUT2D eigenvalue weighted by atomic mass is 16.2. The summed E-state index contributed by atoms with van der Waals surface area (Å²) in [5.41, 5.74) is -0.0509. The minimum absolute atomic E-state index is 0.226. The number of nitrogens with zero attached hydrogens (tertiary/aromatic N) is 1. The summed E-state index contributed by atoms with van der Waals surface area (Å²) in [6.07, 6.45) is 1.02. The van der Waals surface area contributed by atoms with Gasteiger partial charge in [-0.25, -0.2) is 5.10 Å². The van der Waals surface area contributed by atoms with Crippen molar-refractivity contribution in [1.29, 1.82) is 0 Å². The smallest absolute Gasteiger partial charge is 0.271 e. The molecular weight excluding hydrogens is 182 g/mol. The van der Waals surface area contributed by atoms with Crippen LogP contribution >= 0.6 is 0 Å². The largest absolute Gasteiger partial charge is 0.348 e. The first kappa shape index (κ1) is 8.93. The summed E-state index contributed by atoms with van der Waals surface area (Å²) in [5, 5.41) is 8.67. The average Bonchev–Trinajstić information content (AvgIpc) is 2.82. The second-order valence-corrected chi connectivity index (χ2v) is 3.60. The van der Waals surface area contributed by atoms with Gasteiger partial charge in [0.2, 0.25) is 0 Å². The fraction of sp³-hybridized carbons (Fsp3) is 0.444. The van der Waals surface area contributed by atoms with Gasteiger partial charge in [-0.15, -0.1) is 0 Å². The van der Waals surface area contributed by atoms with E-state index >= 15 is 0 Å². The molecule has 1 amide bonds. The van der Waals surface area contributed by atoms with Gasteiger partial charge < -0.3 is 5.32 Å². The highest BCUT2D eigenvalue weighted by Crippen LogP contribution is 2.28. The number of nitrogens with one attached hydrogen (secondary N) is 2. The van der Waals surface area contributed by atoms with Crippen molar-refractivity contribution in [2.45, 2.75) is 19.4 Å². The third-order valence-corrected chi connectivity index (χ3v) is 2.34. The molecule has 2 atom stereocenters. The Bertz CT molecular complexity index is 392. The monoisotopic (exact) mass is 193 g/mol. The van der Waals surface area contributed by atoms with E-state index in [1.807, 2.05) is 0 Å². The van der Waals surface area contributed by atoms with Crippen LogP contribution in [-0.4, -0.2) is 22.1 Å². The van der Waals surface area contributed by atoms with Crippen molar-refractivity contribution in [2.24, 2.45) is 5.92 Å². The normalized spacial score (nSPS) is 24.4. The molecule has 1 aromatic heterocycles. The SMILES string of the molecule is CC1CC1NC(=O)c1ccc(=O)[nH]n1. The number of carbonyl (C=O) groups is 1. The first-order valence-corrected chi connectivity index (χ1v) is 4.53. The van der Waals surface area contributed by atoms with Crippen LogP contribution in [0.25, 0.3) is 0 Å². The van der Waals surface area contributed by atoms with Gasteiger partial charge >= 0.3 is 0 Å². The summed E-state index contributed by atoms with van der Waals surface area (Å²) in [5.74, 6) is 0.331. The second-order valence-electron chi connectivity index (χ2n) is 3.60. The summed E-state index contributed by atoms with van der Waals surface area (Å²) < 4.78 is 0. The van der Waals surface area contributed by atoms with Crippen LogP contribution in [-0.2, 0) is 0 Å². The zero-order valence-electron chi connectivity index (χ0n) is 7.78. The molecule has 1 aliphatic rings. The minimum atomic E-state index is -0.304. The number of hydrogen-bond donors (Lipinski definition) is 2. The van der Waals surface area contributed by atoms with Crippen LogP contribution in [0.2, 0.25) is 0 Å². The summed E-state index contributed by atoms with van der Waals surface area (Å²) in [6, 6.07) is 2.98. The lowest BCUT2D eigenvalue weighted by Crippen LogP contribution is -2.28. The van der Waals surface area contributed by atoms with E-state index in [-0.39, 0.29) is 23.2 Å². The van der Waals surface area contributed by atoms with Crippen molar-refractivity contribution >= 4 is 5.91 Å². The lowest BCUT2D eigenvalue weighted by Gasteiger charge is -2.01. The molecule has 1 aromatic rings. The lowest BCUT2D eigenvalue weighted by atomic mass is 10.3. The van der Waals surface area contributed by atoms with Crippen LogP contribution < -0.4 is 10.9 Å². The van der Waals surface area contributed by atoms with Crippen LogP contribution in [0.3, 0.4) is 0 Å². The first-order valence-electron chi connectivity index (χ1n) is 4.53. The molecule has 1 saturated carbocycles. The van der Waals surface area contributed by atoms with E-state index in [9.17, 15) is 9.59 Å². The van der Waals surface area contributed by atoms with Crippen LogP contribution in [0.4, 0.5) is 0 Å². The van der Waals surface area contributed by atoms with E-state index < -0.39 is 0 Å². The molecule has 0 radical (unpaired) electrons. The third-order valence-electron chi connectivity index (χ3n) is 2.34. The first-order chi connectivity index (χ1) is 6.66. The molecule has 0 bridgehead atoms. The Morgan fingerprint density at radius 3 is 2.86 bits per heavy atom. The topological polar surface area (TPSA) is 74.8 Å². The van der Waals surface area contributed by atoms with Gasteiger partial charge in [0.1, 0.15) is 5.69 Å². The van der Waals surface area contributed by atoms with E-state index in [1.54, 1.807) is 0 Å². The van der Waals surface area contributed by atoms with Crippen molar-refractivity contribution in [1.82, 2.24) is 15.5 Å². The van der Waals surface area contributed by atoms with Gasteiger partial charge in [-0.05, 0) is 18.4 Å². The molecule has 0 aliphatic heterocycles. The van der Waals surface area contributed by atoms with Crippen molar-refractivity contribution in [2.75, 3.05) is 0 Å². The number of amides is 1. The van der Waals surface area contributed by atoms with E-state index in [2.05, 4.69) is 22.4 Å². The van der Waals surface area contributed by atoms with Crippen molar-refractivity contribution in [3.05, 3.63) is 28.2 Å². The van der Waals surface area contributed by atoms with Gasteiger partial charge in [0, 0.05) is 12.1 Å². The van der Waals surface area contributed by atoms with Crippen molar-refractivity contribution in [3.63, 3.8) is 0 Å². The Hall–Kier alpha value is -1.65. The van der Waals surface area contributed by atoms with E-state index in [1.165, 1.54) is 12.1 Å². The second kappa shape index (κ2) is 3.25. The molecule has 0 saturated heterocycles. The Balaban J connectivity index is 2.04. The number of H-pyrrole nitrogens is 1. The van der Waals surface area contributed by atoms with Gasteiger partial charge in [-0.3, -0.25) is 9.59 Å². The maximum Gasteiger partial charge on any atom is 0.271 e. The molecule has 5 nitrogen and oxygen atoms in total. The Kier molecular flexibility index (Phi) is 2.07. The fourth-order valence-corrected chi connectivity index (χ4v) is 1.24. The van der Waals surface area contributed by atoms with Crippen LogP contribution in [0.1, 0.15) is 23.8 Å². The Labute approximate surface area is 80.5 Å². The van der Waals surface area contributed by atoms with Gasteiger partial charge in [0.15, 0.2) is 0 Å². The maximum absolute atomic E-state index is 11.5. The molecule has 1 aliphatic carbocycles. The number of aromatic nitrogens is 2. The number of aromatic amines is 1. The van der Waals surface area contributed by atoms with Crippen LogP contribution in [0.5, 0.6) is 0 Å². The summed E-state index contributed by atoms with van der Waals surface area (Å²) >= 11 is 0. The molecule has 5 heteroatoms. The maximum atomic E-state index is 11.5. The summed E-state index contributed by atoms with van der Waals surface area (Å²) in [7, 11) is 0. The molecule has 1 fully saturated rings. The van der Waals surface area contributed by atoms with Crippen molar-refractivity contribution < 1.29 is 4.79 Å². The van der Waals surface area contributed by atoms with Crippen LogP contribution in [0.15, 0.2) is 16.9 Å². The standard InChI is InChI=1S/C9H11N3O2/c1-5-4-7(5)10-9(14)6-2-3-8(13)12-11-6/h2-3,5,7H,4H2,1H3,(H,10,14)(H,12,13). The zero-order chi connectivity index (χ0) is 10.1. The third kappa shape index (κ3) is 1.81. The van der Waals surface area contributed by atoms with Crippen LogP contribution in [0, 0.1) is 5.92 Å². The molecule has 2 unspecified atom stereocenters. The Morgan fingerprint density at radius 1 is 1.64 bits per heavy atom. The molecule has 0 spiro atoms. The lowest BCUT2D eigenvalue weighted by molar-refractivity contribution is 0.0943. The minimum Gasteiger partial charge on any atom is -0.348 e. The van der Waals surface area contributed by atoms with Gasteiger partial charge in [-0.1, -0.05) is 6.92 Å². The van der Waals surface area contributed by atoms with Gasteiger partial charge in [0.25, 0.3) is 11.5 Å². The summed E-state index contributed by atoms with van der Waals surface area (Å²) in [6.45, 7) is 2.07. The van der Waals surface area contributed by atoms with E-state index in [4.69, 9.17) is 0 Å². The highest BCUT2D eigenvalue weighted by molar-refractivity contribution is 5.92. The predicted octanol–water partition coefficient (Wildman–Crippen LogP) is -0.0919. The molecule has 2 N–H and O–H groups in total. The fourth-order valence-electron chi connectivity index (χ4n) is 1.24. The summed E-state index contributed by atoms with van der Waals surface area (Å²) in [4.78, 5) is 22.1. The number of hydrogen-bond acceptors (Lipinski definition) is 3. The highest BCUT2D eigenvalue weighted by Gasteiger charge is 2.34. The number of rotatable bonds is 2.